The summed E-state index contributed by atoms with van der Waals surface area (Å²) in [4.78, 5) is 51.0. The Morgan fingerprint density at radius 2 is 1.65 bits per heavy atom. The maximum atomic E-state index is 12.8. The number of carbonyl (C=O) groups excluding carboxylic acids is 4. The Balaban J connectivity index is 1.75. The molecule has 3 atom stereocenters. The summed E-state index contributed by atoms with van der Waals surface area (Å²) in [6.45, 7) is -0.365. The van der Waals surface area contributed by atoms with Crippen molar-refractivity contribution in [3.8, 4) is 11.5 Å². The summed E-state index contributed by atoms with van der Waals surface area (Å²) in [5.74, 6) is -1.27. The molecule has 3 amide bonds. The zero-order valence-corrected chi connectivity index (χ0v) is 18.0. The van der Waals surface area contributed by atoms with Crippen LogP contribution in [-0.4, -0.2) is 56.5 Å². The number of fused-ring (bicyclic) bond motifs is 1. The van der Waals surface area contributed by atoms with Crippen LogP contribution in [0, 0.1) is 11.8 Å². The first kappa shape index (κ1) is 22.6. The Morgan fingerprint density at radius 3 is 2.19 bits per heavy atom. The predicted molar refractivity (Wildman–Crippen MR) is 109 cm³/mol. The number of carbonyl (C=O) groups is 4. The van der Waals surface area contributed by atoms with Crippen molar-refractivity contribution in [2.24, 2.45) is 11.8 Å². The molecule has 9 nitrogen and oxygen atoms in total. The van der Waals surface area contributed by atoms with Crippen molar-refractivity contribution in [3.63, 3.8) is 0 Å². The van der Waals surface area contributed by atoms with E-state index in [-0.39, 0.29) is 36.6 Å². The standard InChI is InChI=1S/C22H28N2O7/c1-29-17-9-8-13(10-18(17)30-2)16(11-20(26)31-3)23-19(25)12-24-21(27)14-6-4-5-7-15(14)22(24)28/h8-10,14-16H,4-7,11-12H2,1-3H3,(H,23,25). The molecule has 3 unspecified atom stereocenters. The van der Waals surface area contributed by atoms with E-state index in [2.05, 4.69) is 5.32 Å². The van der Waals surface area contributed by atoms with Crippen molar-refractivity contribution in [2.45, 2.75) is 38.1 Å². The molecule has 0 bridgehead atoms. The normalized spacial score (nSPS) is 21.3. The second kappa shape index (κ2) is 9.80. The van der Waals surface area contributed by atoms with E-state index in [0.717, 1.165) is 17.7 Å². The fraction of sp³-hybridized carbons (Fsp3) is 0.545. The van der Waals surface area contributed by atoms with E-state index in [1.54, 1.807) is 18.2 Å². The predicted octanol–water partition coefficient (Wildman–Crippen LogP) is 1.60. The van der Waals surface area contributed by atoms with Gasteiger partial charge in [-0.3, -0.25) is 24.1 Å². The van der Waals surface area contributed by atoms with Crippen LogP contribution in [0.2, 0.25) is 0 Å². The van der Waals surface area contributed by atoms with Gasteiger partial charge in [-0.1, -0.05) is 18.9 Å². The van der Waals surface area contributed by atoms with E-state index < -0.39 is 17.9 Å². The van der Waals surface area contributed by atoms with E-state index in [0.29, 0.717) is 29.9 Å². The van der Waals surface area contributed by atoms with Gasteiger partial charge in [0.15, 0.2) is 11.5 Å². The zero-order valence-electron chi connectivity index (χ0n) is 18.0. The number of rotatable bonds is 8. The van der Waals surface area contributed by atoms with Crippen molar-refractivity contribution in [3.05, 3.63) is 23.8 Å². The number of methoxy groups -OCH3 is 3. The zero-order chi connectivity index (χ0) is 22.5. The van der Waals surface area contributed by atoms with Gasteiger partial charge in [-0.2, -0.15) is 0 Å². The highest BCUT2D eigenvalue weighted by molar-refractivity contribution is 6.07. The van der Waals surface area contributed by atoms with Crippen molar-refractivity contribution < 1.29 is 33.4 Å². The van der Waals surface area contributed by atoms with E-state index >= 15 is 0 Å². The molecule has 1 heterocycles. The SMILES string of the molecule is COC(=O)CC(NC(=O)CN1C(=O)C2CCCCC2C1=O)c1ccc(OC)c(OC)c1. The molecule has 0 radical (unpaired) electrons. The third-order valence-electron chi connectivity index (χ3n) is 5.98. The molecule has 1 aliphatic carbocycles. The van der Waals surface area contributed by atoms with E-state index in [1.807, 2.05) is 0 Å². The van der Waals surface area contributed by atoms with Gasteiger partial charge < -0.3 is 19.5 Å². The molecule has 2 aliphatic rings. The van der Waals surface area contributed by atoms with Crippen LogP contribution in [0.1, 0.15) is 43.7 Å². The second-order valence-corrected chi connectivity index (χ2v) is 7.77. The molecular weight excluding hydrogens is 404 g/mol. The van der Waals surface area contributed by atoms with Gasteiger partial charge in [-0.25, -0.2) is 0 Å². The van der Waals surface area contributed by atoms with Gasteiger partial charge in [0.25, 0.3) is 0 Å². The Labute approximate surface area is 181 Å². The lowest BCUT2D eigenvalue weighted by Gasteiger charge is -2.21. The number of esters is 1. The minimum Gasteiger partial charge on any atom is -0.493 e. The molecule has 168 valence electrons. The summed E-state index contributed by atoms with van der Waals surface area (Å²) >= 11 is 0. The van der Waals surface area contributed by atoms with Crippen molar-refractivity contribution >= 4 is 23.7 Å². The molecule has 1 N–H and O–H groups in total. The highest BCUT2D eigenvalue weighted by Gasteiger charge is 2.48. The van der Waals surface area contributed by atoms with Crippen LogP contribution in [-0.2, 0) is 23.9 Å². The van der Waals surface area contributed by atoms with Crippen LogP contribution < -0.4 is 14.8 Å². The number of ether oxygens (including phenoxy) is 3. The Morgan fingerprint density at radius 1 is 1.03 bits per heavy atom. The summed E-state index contributed by atoms with van der Waals surface area (Å²) < 4.78 is 15.3. The van der Waals surface area contributed by atoms with Gasteiger partial charge in [0.1, 0.15) is 6.54 Å². The van der Waals surface area contributed by atoms with Crippen molar-refractivity contribution in [2.75, 3.05) is 27.9 Å². The average Bonchev–Trinajstić information content (AvgIpc) is 3.03. The lowest BCUT2D eigenvalue weighted by molar-refractivity contribution is -0.145. The third kappa shape index (κ3) is 4.81. The number of imide groups is 1. The molecular formula is C22H28N2O7. The van der Waals surface area contributed by atoms with Crippen molar-refractivity contribution in [1.82, 2.24) is 10.2 Å². The monoisotopic (exact) mass is 432 g/mol. The minimum absolute atomic E-state index is 0.120. The molecule has 31 heavy (non-hydrogen) atoms. The molecule has 1 saturated heterocycles. The Hall–Kier alpha value is -3.10. The number of benzene rings is 1. The fourth-order valence-electron chi connectivity index (χ4n) is 4.34. The lowest BCUT2D eigenvalue weighted by Crippen LogP contribution is -2.42. The molecule has 0 spiro atoms. The maximum absolute atomic E-state index is 12.8. The number of amides is 3. The highest BCUT2D eigenvalue weighted by Crippen LogP contribution is 2.38. The number of hydrogen-bond donors (Lipinski definition) is 1. The Kier molecular flexibility index (Phi) is 7.14. The van der Waals surface area contributed by atoms with E-state index in [4.69, 9.17) is 14.2 Å². The first-order valence-electron chi connectivity index (χ1n) is 10.3. The van der Waals surface area contributed by atoms with Crippen LogP contribution in [0.25, 0.3) is 0 Å². The van der Waals surface area contributed by atoms with Gasteiger partial charge in [0.2, 0.25) is 17.7 Å². The number of nitrogens with one attached hydrogen (secondary N) is 1. The summed E-state index contributed by atoms with van der Waals surface area (Å²) in [7, 11) is 4.26. The second-order valence-electron chi connectivity index (χ2n) is 7.77. The third-order valence-corrected chi connectivity index (χ3v) is 5.98. The quantitative estimate of drug-likeness (QED) is 0.491. The Bertz CT molecular complexity index is 845. The smallest absolute Gasteiger partial charge is 0.307 e. The molecule has 1 aliphatic heterocycles. The summed E-state index contributed by atoms with van der Waals surface area (Å²) in [5, 5.41) is 2.75. The average molecular weight is 432 g/mol. The highest BCUT2D eigenvalue weighted by atomic mass is 16.5. The molecule has 1 aromatic carbocycles. The maximum Gasteiger partial charge on any atom is 0.307 e. The van der Waals surface area contributed by atoms with Crippen LogP contribution in [0.3, 0.4) is 0 Å². The molecule has 1 aromatic rings. The largest absolute Gasteiger partial charge is 0.493 e. The van der Waals surface area contributed by atoms with Crippen LogP contribution in [0.4, 0.5) is 0 Å². The number of hydrogen-bond acceptors (Lipinski definition) is 7. The van der Waals surface area contributed by atoms with Crippen LogP contribution in [0.15, 0.2) is 18.2 Å². The first-order valence-corrected chi connectivity index (χ1v) is 10.3. The lowest BCUT2D eigenvalue weighted by atomic mass is 9.81. The summed E-state index contributed by atoms with van der Waals surface area (Å²) in [6, 6.07) is 4.31. The minimum atomic E-state index is -0.727. The number of likely N-dealkylation sites (tertiary alicyclic amines) is 1. The fourth-order valence-corrected chi connectivity index (χ4v) is 4.34. The topological polar surface area (TPSA) is 111 Å². The molecule has 9 heteroatoms. The van der Waals surface area contributed by atoms with Gasteiger partial charge >= 0.3 is 5.97 Å². The van der Waals surface area contributed by atoms with Crippen LogP contribution >= 0.6 is 0 Å². The molecule has 3 rings (SSSR count). The first-order chi connectivity index (χ1) is 14.9. The van der Waals surface area contributed by atoms with Crippen LogP contribution in [0.5, 0.6) is 11.5 Å². The molecule has 1 saturated carbocycles. The molecule has 2 fully saturated rings. The van der Waals surface area contributed by atoms with Crippen molar-refractivity contribution in [1.29, 1.82) is 0 Å². The van der Waals surface area contributed by atoms with Gasteiger partial charge in [0, 0.05) is 0 Å². The van der Waals surface area contributed by atoms with E-state index in [9.17, 15) is 19.2 Å². The summed E-state index contributed by atoms with van der Waals surface area (Å²) in [6.07, 6.45) is 3.08. The molecule has 0 aromatic heterocycles. The van der Waals surface area contributed by atoms with E-state index in [1.165, 1.54) is 21.3 Å². The van der Waals surface area contributed by atoms with Gasteiger partial charge in [-0.15, -0.1) is 0 Å². The number of nitrogens with zero attached hydrogens (tertiary/aromatic N) is 1. The summed E-state index contributed by atoms with van der Waals surface area (Å²) in [5.41, 5.74) is 0.601. The van der Waals surface area contributed by atoms with Gasteiger partial charge in [0.05, 0.1) is 45.6 Å². The van der Waals surface area contributed by atoms with Gasteiger partial charge in [-0.05, 0) is 30.5 Å².